The van der Waals surface area contributed by atoms with Crippen molar-refractivity contribution in [2.24, 2.45) is 0 Å². The molecule has 2 saturated heterocycles. The molecule has 1 unspecified atom stereocenters. The number of aromatic nitrogens is 2. The van der Waals surface area contributed by atoms with Gasteiger partial charge in [0.15, 0.2) is 34.1 Å². The topological polar surface area (TPSA) is 110 Å². The number of carbonyl (C=O) groups is 2. The number of ether oxygens (including phenoxy) is 2. The van der Waals surface area contributed by atoms with E-state index in [1.165, 1.54) is 30.3 Å². The van der Waals surface area contributed by atoms with Crippen molar-refractivity contribution in [3.05, 3.63) is 270 Å². The van der Waals surface area contributed by atoms with Gasteiger partial charge in [-0.3, -0.25) is 19.2 Å². The zero-order chi connectivity index (χ0) is 115. The van der Waals surface area contributed by atoms with Crippen molar-refractivity contribution in [1.82, 2.24) is 28.7 Å². The molecule has 4 heterocycles. The van der Waals surface area contributed by atoms with Gasteiger partial charge < -0.3 is 38.2 Å². The average Bonchev–Trinajstić information content (AvgIpc) is 0.652. The number of thioether (sulfide) groups is 2. The number of pyridine rings is 2. The fraction of sp³-hybridized carbons (Fsp3) is 0.317. The number of alkyl halides is 6. The van der Waals surface area contributed by atoms with Crippen molar-refractivity contribution in [3.63, 3.8) is 0 Å². The Bertz CT molecular complexity index is 7130. The summed E-state index contributed by atoms with van der Waals surface area (Å²) in [6.07, 6.45) is -28.1. The van der Waals surface area contributed by atoms with Crippen molar-refractivity contribution in [2.45, 2.75) is 111 Å². The summed E-state index contributed by atoms with van der Waals surface area (Å²) in [5.41, 5.74) is -23.7. The van der Waals surface area contributed by atoms with Crippen molar-refractivity contribution >= 4 is 57.1 Å². The second-order valence-electron chi connectivity index (χ2n) is 21.7. The number of rotatable bonds is 24. The molecule has 0 N–H and O–H groups in total. The molecular weight excluding hydrogens is 1420 g/mol. The van der Waals surface area contributed by atoms with Gasteiger partial charge in [-0.05, 0) is 139 Å². The van der Waals surface area contributed by atoms with Crippen LogP contribution in [-0.2, 0) is 62.3 Å². The quantitative estimate of drug-likeness (QED) is 0.0428. The normalized spacial score (nSPS) is 25.9. The third-order valence-electron chi connectivity index (χ3n) is 14.8. The summed E-state index contributed by atoms with van der Waals surface area (Å²) >= 11 is -0.962. The molecule has 2 aliphatic heterocycles. The maximum Gasteiger partial charge on any atom is 0.416 e. The number of fused-ring (bicyclic) bond motifs is 2. The molecule has 2 fully saturated rings. The van der Waals surface area contributed by atoms with Gasteiger partial charge in [0.1, 0.15) is 13.0 Å². The first kappa shape index (κ1) is 39.2. The smallest absolute Gasteiger partial charge is 0.383 e. The lowest BCUT2D eigenvalue weighted by molar-refractivity contribution is -0.138. The number of para-hydroxylation sites is 2. The summed E-state index contributed by atoms with van der Waals surface area (Å²) in [6, 6.07) is -20.6. The molecule has 556 valence electrons. The van der Waals surface area contributed by atoms with Crippen LogP contribution in [0.2, 0.25) is 0 Å². The van der Waals surface area contributed by atoms with E-state index < -0.39 is 373 Å². The Morgan fingerprint density at radius 1 is 0.585 bits per heavy atom. The molecule has 10 aromatic rings. The molecule has 1 atom stereocenters. The molecule has 106 heavy (non-hydrogen) atoms. The van der Waals surface area contributed by atoms with Gasteiger partial charge in [-0.2, -0.15) is 26.3 Å². The van der Waals surface area contributed by atoms with Gasteiger partial charge >= 0.3 is 12.4 Å². The van der Waals surface area contributed by atoms with Crippen LogP contribution >= 0.6 is 23.5 Å². The zero-order valence-electron chi connectivity index (χ0n) is 98.8. The molecule has 0 radical (unpaired) electrons. The molecule has 12 rings (SSSR count). The highest BCUT2D eigenvalue weighted by molar-refractivity contribution is 7.98. The van der Waals surface area contributed by atoms with Crippen LogP contribution in [0.4, 0.5) is 43.9 Å². The summed E-state index contributed by atoms with van der Waals surface area (Å²) < 4.78 is 549. The molecule has 8 aromatic carbocycles. The van der Waals surface area contributed by atoms with Gasteiger partial charge in [0.2, 0.25) is 11.8 Å². The van der Waals surface area contributed by atoms with Crippen molar-refractivity contribution in [2.75, 3.05) is 66.5 Å². The van der Waals surface area contributed by atoms with Crippen LogP contribution in [0, 0.1) is 30.2 Å². The van der Waals surface area contributed by atoms with Gasteiger partial charge in [0, 0.05) is 145 Å². The summed E-state index contributed by atoms with van der Waals surface area (Å²) in [5.74, 6) is -13.2. The SMILES string of the molecule is [2H]C([2H])(Sc1cc(=O)c2ccccc2n1C([2H])([2H])C(=O)N(C([2H])(C)c1ccc(-c2ccc(C(F)(F)F)cc2)cc1)C1([2H])C([2H])([2H])C([2H])([2H])N(CCOC)C([2H])([2H])C1([2H])[2H])c1cccc(F)c1F.[2H]c1c([2H])c(F)c(F)c(C([2H])([2H])Sc2c([2H])c(=O)c3c([2H])c([2H])c([2H])c([2H])c3n2C([2H])([2H])C(=O)N(C([2H])([2H])c2c([2H])c([2H])c(-c3c([2H])c([2H])c(C(F)(F)F)c([2H])c3[2H])c([2H])c2C)C2([2H])C([2H])([2H])C([2H])([2H])N(CCOC)C([2H])([2H])C2([2H])[2H])c1[2H]. The highest BCUT2D eigenvalue weighted by atomic mass is 32.2. The van der Waals surface area contributed by atoms with E-state index in [0.717, 1.165) is 75.7 Å². The summed E-state index contributed by atoms with van der Waals surface area (Å²) in [4.78, 5) is 57.9. The van der Waals surface area contributed by atoms with Crippen molar-refractivity contribution < 1.29 is 123 Å². The third-order valence-corrected chi connectivity index (χ3v) is 16.4. The standard InChI is InChI=1S/2C41H40F5N3O3S/c1-27(28-10-12-29(13-11-28)30-14-16-32(17-15-30)41(44,45)46)49(33-18-20-47(21-19-33)22-23-52-2)38(51)25-48-36-9-4-3-7-34(36)37(50)24-39(48)53-26-31-6-5-8-35(42)40(31)43;1-27-22-29(28-12-14-32(15-13-28)41(44,45)46)10-11-30(27)24-48(33-16-18-47(19-17-33)20-21-52-2)38(51)25-49-36-9-4-3-7-34(36)37(50)23-39(49)53-26-31-6-5-8-35(42)40(31)43/h3-17,24,27,33H,18-23,25-26H2,1-2H3;3-15,22-23,33H,16-21,24-26H2,1-2H3/i18D2,19D2,20D2,21D2,25D2,26D2,27D,33D;3D,4D,5D,6D,7D,8D,9D,10D,11D,12D,13D,14D,15D,16D2,17D2,18D2,19D2,22D,23D,24D2,25D2,26D2,33D. The maximum atomic E-state index is 16.1. The van der Waals surface area contributed by atoms with E-state index in [2.05, 4.69) is 0 Å². The largest absolute Gasteiger partial charge is 0.416 e. The van der Waals surface area contributed by atoms with E-state index in [9.17, 15) is 63.6 Å². The Labute approximate surface area is 678 Å². The van der Waals surface area contributed by atoms with Gasteiger partial charge in [-0.15, -0.1) is 23.5 Å². The van der Waals surface area contributed by atoms with Crippen LogP contribution in [0.25, 0.3) is 44.1 Å². The van der Waals surface area contributed by atoms with Gasteiger partial charge in [0.25, 0.3) is 0 Å². The molecular formula is C82H80F10N6O6S2. The van der Waals surface area contributed by atoms with Crippen LogP contribution in [0.1, 0.15) is 138 Å². The second-order valence-corrected chi connectivity index (χ2v) is 23.3. The van der Waals surface area contributed by atoms with Gasteiger partial charge in [-0.1, -0.05) is 115 Å². The first-order valence-electron chi connectivity index (χ1n) is 52.4. The molecule has 12 nitrogen and oxygen atoms in total. The van der Waals surface area contributed by atoms with Crippen molar-refractivity contribution in [1.29, 1.82) is 0 Å². The van der Waals surface area contributed by atoms with E-state index in [-0.39, 0.29) is 43.0 Å². The van der Waals surface area contributed by atoms with E-state index in [4.69, 9.17) is 46.5 Å². The fourth-order valence-corrected chi connectivity index (χ4v) is 10.9. The Morgan fingerprint density at radius 3 is 1.81 bits per heavy atom. The van der Waals surface area contributed by atoms with E-state index >= 15 is 22.8 Å². The monoisotopic (exact) mass is 1540 g/mol. The number of hydrogen-bond acceptors (Lipinski definition) is 10. The molecule has 0 spiro atoms. The first-order chi connectivity index (χ1) is 68.0. The summed E-state index contributed by atoms with van der Waals surface area (Å²) in [5, 5.41) is -4.48. The van der Waals surface area contributed by atoms with Gasteiger partial charge in [0.05, 0.1) is 84.3 Å². The Hall–Kier alpha value is -9.04. The molecule has 0 saturated carbocycles. The van der Waals surface area contributed by atoms with Crippen LogP contribution in [-0.4, -0.2) is 119 Å². The fourth-order valence-electron chi connectivity index (χ4n) is 9.45. The summed E-state index contributed by atoms with van der Waals surface area (Å²) in [7, 11) is 2.10. The lowest BCUT2D eigenvalue weighted by atomic mass is 9.96. The molecule has 2 aliphatic rings. The number of nitrogens with zero attached hydrogens (tertiary/aromatic N) is 6. The zero-order valence-corrected chi connectivity index (χ0v) is 56.4. The number of piperidine rings is 2. The number of benzene rings is 8. The molecule has 0 aliphatic carbocycles. The lowest BCUT2D eigenvalue weighted by Crippen LogP contribution is -2.49. The highest BCUT2D eigenvalue weighted by Crippen LogP contribution is 2.37. The number of methoxy groups -OCH3 is 2. The Kier molecular flexibility index (Phi) is 13.0. The van der Waals surface area contributed by atoms with E-state index in [0.29, 0.717) is 23.6 Å². The molecule has 2 aromatic heterocycles. The number of halogens is 10. The summed E-state index contributed by atoms with van der Waals surface area (Å²) in [6.45, 7) is -31.8. The van der Waals surface area contributed by atoms with Crippen LogP contribution in [0.3, 0.4) is 0 Å². The average molecular weight is 1540 g/mol. The molecule has 2 amide bonds. The predicted molar refractivity (Wildman–Crippen MR) is 395 cm³/mol. The van der Waals surface area contributed by atoms with Crippen LogP contribution in [0.15, 0.2) is 207 Å². The Balaban J connectivity index is 0.000000291. The number of carbonyl (C=O) groups excluding carboxylic acids is 2. The van der Waals surface area contributed by atoms with Gasteiger partial charge in [-0.25, -0.2) is 17.6 Å². The maximum absolute atomic E-state index is 16.1. The minimum Gasteiger partial charge on any atom is -0.383 e. The second kappa shape index (κ2) is 35.1. The minimum atomic E-state index is -5.57. The van der Waals surface area contributed by atoms with Crippen molar-refractivity contribution in [3.8, 4) is 22.3 Å². The number of amides is 2. The molecule has 0 bridgehead atoms. The first-order valence-corrected chi connectivity index (χ1v) is 32.1. The third kappa shape index (κ3) is 19.0. The number of hydrogen-bond donors (Lipinski definition) is 0. The number of likely N-dealkylation sites (tertiary alicyclic amines) is 2. The Morgan fingerprint density at radius 2 is 1.16 bits per heavy atom. The van der Waals surface area contributed by atoms with E-state index in [1.54, 1.807) is 0 Å². The minimum absolute atomic E-state index is 0.0833. The molecule has 24 heteroatoms. The van der Waals surface area contributed by atoms with E-state index in [1.807, 2.05) is 0 Å². The lowest BCUT2D eigenvalue weighted by Gasteiger charge is -2.42. The van der Waals surface area contributed by atoms with Crippen LogP contribution in [0.5, 0.6) is 0 Å². The predicted octanol–water partition coefficient (Wildman–Crippen LogP) is 17.7. The highest BCUT2D eigenvalue weighted by Gasteiger charge is 2.35. The van der Waals surface area contributed by atoms with Crippen LogP contribution < -0.4 is 10.9 Å².